The van der Waals surface area contributed by atoms with Crippen LogP contribution < -0.4 is 0 Å². The summed E-state index contributed by atoms with van der Waals surface area (Å²) in [7, 11) is 0. The van der Waals surface area contributed by atoms with Crippen LogP contribution in [0.5, 0.6) is 0 Å². The number of benzene rings is 1. The third-order valence-corrected chi connectivity index (χ3v) is 2.51. The minimum atomic E-state index is -0.412. The Balaban J connectivity index is 2.33. The van der Waals surface area contributed by atoms with Crippen molar-refractivity contribution < 1.29 is 9.53 Å². The fraction of sp³-hybridized carbons (Fsp3) is 0.167. The Morgan fingerprint density at radius 1 is 1.53 bits per heavy atom. The molecule has 0 radical (unpaired) electrons. The van der Waals surface area contributed by atoms with Gasteiger partial charge in [-0.25, -0.2) is 4.79 Å². The minimum absolute atomic E-state index is 0.332. The van der Waals surface area contributed by atoms with Crippen LogP contribution in [0.4, 0.5) is 0 Å². The summed E-state index contributed by atoms with van der Waals surface area (Å²) in [6.45, 7) is 2.08. The van der Waals surface area contributed by atoms with Gasteiger partial charge in [0.2, 0.25) is 0 Å². The molecule has 0 fully saturated rings. The van der Waals surface area contributed by atoms with E-state index in [2.05, 4.69) is 15.5 Å². The van der Waals surface area contributed by atoms with Gasteiger partial charge < -0.3 is 4.74 Å². The van der Waals surface area contributed by atoms with E-state index in [9.17, 15) is 4.79 Å². The predicted molar refractivity (Wildman–Crippen MR) is 69.8 cm³/mol. The highest BCUT2D eigenvalue weighted by Crippen LogP contribution is 2.20. The van der Waals surface area contributed by atoms with Crippen LogP contribution in [0.1, 0.15) is 12.5 Å². The van der Waals surface area contributed by atoms with Crippen molar-refractivity contribution in [2.75, 3.05) is 6.61 Å². The van der Waals surface area contributed by atoms with Crippen LogP contribution in [0.2, 0.25) is 5.02 Å². The Morgan fingerprint density at radius 2 is 2.37 bits per heavy atom. The SMILES string of the molecule is CCOC(=O)C=Cc1cc(Cl)ccc1-n1cnnn1. The van der Waals surface area contributed by atoms with Gasteiger partial charge in [0.15, 0.2) is 0 Å². The molecule has 0 saturated carbocycles. The van der Waals surface area contributed by atoms with Gasteiger partial charge in [0.25, 0.3) is 0 Å². The van der Waals surface area contributed by atoms with Crippen molar-refractivity contribution in [2.45, 2.75) is 6.92 Å². The molecule has 0 aliphatic carbocycles. The normalized spacial score (nSPS) is 10.8. The van der Waals surface area contributed by atoms with Gasteiger partial charge >= 0.3 is 5.97 Å². The molecule has 0 bridgehead atoms. The van der Waals surface area contributed by atoms with E-state index in [-0.39, 0.29) is 0 Å². The van der Waals surface area contributed by atoms with Crippen molar-refractivity contribution in [1.82, 2.24) is 20.2 Å². The van der Waals surface area contributed by atoms with Crippen molar-refractivity contribution in [3.63, 3.8) is 0 Å². The molecule has 7 heteroatoms. The third kappa shape index (κ3) is 3.38. The topological polar surface area (TPSA) is 69.9 Å². The standard InChI is InChI=1S/C12H11ClN4O2/c1-2-19-12(18)6-3-9-7-10(13)4-5-11(9)17-8-14-15-16-17/h3-8H,2H2,1H3. The van der Waals surface area contributed by atoms with Gasteiger partial charge in [0.1, 0.15) is 6.33 Å². The number of carbonyl (C=O) groups is 1. The Hall–Kier alpha value is -2.21. The van der Waals surface area contributed by atoms with Crippen molar-refractivity contribution in [2.24, 2.45) is 0 Å². The highest BCUT2D eigenvalue weighted by molar-refractivity contribution is 6.30. The molecule has 0 atom stereocenters. The zero-order chi connectivity index (χ0) is 13.7. The molecular formula is C12H11ClN4O2. The fourth-order valence-electron chi connectivity index (χ4n) is 1.49. The van der Waals surface area contributed by atoms with E-state index in [1.807, 2.05) is 0 Å². The lowest BCUT2D eigenvalue weighted by atomic mass is 10.1. The summed E-state index contributed by atoms with van der Waals surface area (Å²) < 4.78 is 6.31. The predicted octanol–water partition coefficient (Wildman–Crippen LogP) is 1.89. The molecule has 2 rings (SSSR count). The average molecular weight is 279 g/mol. The third-order valence-electron chi connectivity index (χ3n) is 2.27. The first-order valence-electron chi connectivity index (χ1n) is 5.58. The van der Waals surface area contributed by atoms with Crippen molar-refractivity contribution >= 4 is 23.6 Å². The van der Waals surface area contributed by atoms with Crippen molar-refractivity contribution in [1.29, 1.82) is 0 Å². The van der Waals surface area contributed by atoms with Crippen LogP contribution in [-0.4, -0.2) is 32.8 Å². The van der Waals surface area contributed by atoms with Crippen LogP contribution >= 0.6 is 11.6 Å². The molecule has 1 aromatic heterocycles. The molecule has 0 saturated heterocycles. The maximum Gasteiger partial charge on any atom is 0.330 e. The molecule has 1 heterocycles. The Labute approximate surface area is 114 Å². The van der Waals surface area contributed by atoms with E-state index in [0.29, 0.717) is 17.2 Å². The van der Waals surface area contributed by atoms with E-state index in [0.717, 1.165) is 5.69 Å². The molecule has 98 valence electrons. The number of hydrogen-bond donors (Lipinski definition) is 0. The summed E-state index contributed by atoms with van der Waals surface area (Å²) in [6, 6.07) is 5.21. The maximum absolute atomic E-state index is 11.3. The van der Waals surface area contributed by atoms with Gasteiger partial charge in [0.05, 0.1) is 12.3 Å². The molecule has 2 aromatic rings. The number of ether oxygens (including phenoxy) is 1. The van der Waals surface area contributed by atoms with Gasteiger partial charge in [-0.3, -0.25) is 0 Å². The van der Waals surface area contributed by atoms with E-state index < -0.39 is 5.97 Å². The number of carbonyl (C=O) groups excluding carboxylic acids is 1. The van der Waals surface area contributed by atoms with Gasteiger partial charge in [-0.15, -0.1) is 5.10 Å². The summed E-state index contributed by atoms with van der Waals surface area (Å²) in [5, 5.41) is 11.5. The summed E-state index contributed by atoms with van der Waals surface area (Å²) in [4.78, 5) is 11.3. The molecular weight excluding hydrogens is 268 g/mol. The second-order valence-corrected chi connectivity index (χ2v) is 3.98. The van der Waals surface area contributed by atoms with E-state index in [1.165, 1.54) is 17.1 Å². The van der Waals surface area contributed by atoms with Crippen LogP contribution in [-0.2, 0) is 9.53 Å². The fourth-order valence-corrected chi connectivity index (χ4v) is 1.67. The monoisotopic (exact) mass is 278 g/mol. The molecule has 0 unspecified atom stereocenters. The molecule has 0 aliphatic rings. The van der Waals surface area contributed by atoms with Crippen molar-refractivity contribution in [3.8, 4) is 5.69 Å². The second-order valence-electron chi connectivity index (χ2n) is 3.54. The number of nitrogens with zero attached hydrogens (tertiary/aromatic N) is 4. The number of esters is 1. The Morgan fingerprint density at radius 3 is 3.05 bits per heavy atom. The lowest BCUT2D eigenvalue weighted by Crippen LogP contribution is -2.00. The van der Waals surface area contributed by atoms with Gasteiger partial charge in [-0.1, -0.05) is 11.6 Å². The smallest absolute Gasteiger partial charge is 0.330 e. The number of rotatable bonds is 4. The highest BCUT2D eigenvalue weighted by Gasteiger charge is 2.05. The molecule has 6 nitrogen and oxygen atoms in total. The summed E-state index contributed by atoms with van der Waals surface area (Å²) in [5.41, 5.74) is 1.43. The van der Waals surface area contributed by atoms with Gasteiger partial charge in [0, 0.05) is 16.7 Å². The maximum atomic E-state index is 11.3. The Kier molecular flexibility index (Phi) is 4.25. The zero-order valence-electron chi connectivity index (χ0n) is 10.2. The Bertz CT molecular complexity index is 596. The van der Waals surface area contributed by atoms with E-state index in [1.54, 1.807) is 31.2 Å². The van der Waals surface area contributed by atoms with Crippen LogP contribution in [0.25, 0.3) is 11.8 Å². The van der Waals surface area contributed by atoms with Crippen molar-refractivity contribution in [3.05, 3.63) is 41.2 Å². The first-order valence-corrected chi connectivity index (χ1v) is 5.96. The second kappa shape index (κ2) is 6.10. The van der Waals surface area contributed by atoms with E-state index in [4.69, 9.17) is 16.3 Å². The van der Waals surface area contributed by atoms with Gasteiger partial charge in [-0.2, -0.15) is 4.68 Å². The van der Waals surface area contributed by atoms with E-state index >= 15 is 0 Å². The molecule has 0 N–H and O–H groups in total. The lowest BCUT2D eigenvalue weighted by Gasteiger charge is -2.05. The van der Waals surface area contributed by atoms with Crippen LogP contribution in [0.3, 0.4) is 0 Å². The molecule has 1 aromatic carbocycles. The summed E-state index contributed by atoms with van der Waals surface area (Å²) in [6.07, 6.45) is 4.41. The number of hydrogen-bond acceptors (Lipinski definition) is 5. The van der Waals surface area contributed by atoms with Crippen LogP contribution in [0.15, 0.2) is 30.6 Å². The summed E-state index contributed by atoms with van der Waals surface area (Å²) in [5.74, 6) is -0.412. The van der Waals surface area contributed by atoms with Gasteiger partial charge in [-0.05, 0) is 41.6 Å². The largest absolute Gasteiger partial charge is 0.463 e. The first kappa shape index (κ1) is 13.2. The first-order chi connectivity index (χ1) is 9.20. The average Bonchev–Trinajstić information content (AvgIpc) is 2.90. The molecule has 19 heavy (non-hydrogen) atoms. The number of halogens is 1. The number of tetrazole rings is 1. The van der Waals surface area contributed by atoms with Crippen LogP contribution in [0, 0.1) is 0 Å². The summed E-state index contributed by atoms with van der Waals surface area (Å²) >= 11 is 5.94. The number of aromatic nitrogens is 4. The zero-order valence-corrected chi connectivity index (χ0v) is 10.9. The molecule has 0 amide bonds. The lowest BCUT2D eigenvalue weighted by molar-refractivity contribution is -0.137. The quantitative estimate of drug-likeness (QED) is 0.631. The molecule has 0 aliphatic heterocycles. The minimum Gasteiger partial charge on any atom is -0.463 e. The molecule has 0 spiro atoms. The highest BCUT2D eigenvalue weighted by atomic mass is 35.5.